The van der Waals surface area contributed by atoms with E-state index in [2.05, 4.69) is 21.2 Å². The van der Waals surface area contributed by atoms with E-state index >= 15 is 0 Å². The van der Waals surface area contributed by atoms with Crippen LogP contribution in [0.4, 0.5) is 16.2 Å². The standard InChI is InChI=1S/C10H14BrN3O/c1-6-4-7(11)5-8(12)9(6)13-10(15)14(2)3/h4-5H,12H2,1-3H3,(H,13,15). The van der Waals surface area contributed by atoms with Gasteiger partial charge in [-0.3, -0.25) is 0 Å². The third-order valence-corrected chi connectivity index (χ3v) is 2.43. The number of halogens is 1. The average molecular weight is 272 g/mol. The molecule has 0 bridgehead atoms. The highest BCUT2D eigenvalue weighted by atomic mass is 79.9. The Kier molecular flexibility index (Phi) is 3.57. The van der Waals surface area contributed by atoms with Crippen LogP contribution in [-0.2, 0) is 0 Å². The number of nitrogens with two attached hydrogens (primary N) is 1. The topological polar surface area (TPSA) is 58.4 Å². The van der Waals surface area contributed by atoms with Crippen molar-refractivity contribution >= 4 is 33.3 Å². The molecule has 0 radical (unpaired) electrons. The van der Waals surface area contributed by atoms with Crippen molar-refractivity contribution in [3.8, 4) is 0 Å². The number of nitrogens with zero attached hydrogens (tertiary/aromatic N) is 1. The summed E-state index contributed by atoms with van der Waals surface area (Å²) in [6.45, 7) is 1.90. The van der Waals surface area contributed by atoms with Crippen LogP contribution in [0.3, 0.4) is 0 Å². The molecule has 0 saturated heterocycles. The molecule has 5 heteroatoms. The van der Waals surface area contributed by atoms with Crippen LogP contribution >= 0.6 is 15.9 Å². The van der Waals surface area contributed by atoms with Gasteiger partial charge in [-0.05, 0) is 24.6 Å². The summed E-state index contributed by atoms with van der Waals surface area (Å²) in [6, 6.07) is 3.48. The predicted molar refractivity (Wildman–Crippen MR) is 66.0 cm³/mol. The van der Waals surface area contributed by atoms with Gasteiger partial charge in [0, 0.05) is 18.6 Å². The first-order chi connectivity index (χ1) is 6.91. The van der Waals surface area contributed by atoms with E-state index in [0.717, 1.165) is 10.0 Å². The number of benzene rings is 1. The largest absolute Gasteiger partial charge is 0.397 e. The van der Waals surface area contributed by atoms with Crippen molar-refractivity contribution in [1.82, 2.24) is 4.90 Å². The van der Waals surface area contributed by atoms with Crippen LogP contribution in [-0.4, -0.2) is 25.0 Å². The Morgan fingerprint density at radius 1 is 1.47 bits per heavy atom. The number of urea groups is 1. The summed E-state index contributed by atoms with van der Waals surface area (Å²) >= 11 is 3.34. The van der Waals surface area contributed by atoms with E-state index in [0.29, 0.717) is 11.4 Å². The first-order valence-electron chi connectivity index (χ1n) is 4.45. The van der Waals surface area contributed by atoms with Gasteiger partial charge < -0.3 is 16.0 Å². The monoisotopic (exact) mass is 271 g/mol. The van der Waals surface area contributed by atoms with Crippen molar-refractivity contribution in [3.63, 3.8) is 0 Å². The van der Waals surface area contributed by atoms with Crippen LogP contribution in [0.2, 0.25) is 0 Å². The van der Waals surface area contributed by atoms with E-state index in [1.165, 1.54) is 4.90 Å². The van der Waals surface area contributed by atoms with Crippen LogP contribution in [0.5, 0.6) is 0 Å². The fourth-order valence-electron chi connectivity index (χ4n) is 1.16. The summed E-state index contributed by atoms with van der Waals surface area (Å²) in [5.74, 6) is 0. The van der Waals surface area contributed by atoms with Crippen LogP contribution < -0.4 is 11.1 Å². The molecule has 0 spiro atoms. The molecule has 82 valence electrons. The van der Waals surface area contributed by atoms with Gasteiger partial charge in [0.15, 0.2) is 0 Å². The maximum Gasteiger partial charge on any atom is 0.321 e. The van der Waals surface area contributed by atoms with Gasteiger partial charge in [0.2, 0.25) is 0 Å². The summed E-state index contributed by atoms with van der Waals surface area (Å²) in [5.41, 5.74) is 7.95. The van der Waals surface area contributed by atoms with Gasteiger partial charge in [-0.2, -0.15) is 0 Å². The zero-order chi connectivity index (χ0) is 11.6. The molecule has 2 amide bonds. The van der Waals surface area contributed by atoms with Crippen molar-refractivity contribution < 1.29 is 4.79 Å². The molecule has 15 heavy (non-hydrogen) atoms. The molecule has 0 aliphatic carbocycles. The molecule has 0 aliphatic heterocycles. The van der Waals surface area contributed by atoms with Crippen molar-refractivity contribution in [2.24, 2.45) is 0 Å². The Morgan fingerprint density at radius 3 is 2.53 bits per heavy atom. The fraction of sp³-hybridized carbons (Fsp3) is 0.300. The lowest BCUT2D eigenvalue weighted by molar-refractivity contribution is 0.230. The van der Waals surface area contributed by atoms with E-state index in [-0.39, 0.29) is 6.03 Å². The van der Waals surface area contributed by atoms with Crippen LogP contribution in [0, 0.1) is 6.92 Å². The normalized spacial score (nSPS) is 9.87. The summed E-state index contributed by atoms with van der Waals surface area (Å²) < 4.78 is 0.903. The Morgan fingerprint density at radius 2 is 2.07 bits per heavy atom. The van der Waals surface area contributed by atoms with Gasteiger partial charge in [0.05, 0.1) is 11.4 Å². The number of nitrogen functional groups attached to an aromatic ring is 1. The third kappa shape index (κ3) is 2.86. The highest BCUT2D eigenvalue weighted by Gasteiger charge is 2.09. The average Bonchev–Trinajstić information content (AvgIpc) is 2.10. The van der Waals surface area contributed by atoms with Gasteiger partial charge in [-0.15, -0.1) is 0 Å². The minimum atomic E-state index is -0.188. The lowest BCUT2D eigenvalue weighted by atomic mass is 10.1. The number of hydrogen-bond acceptors (Lipinski definition) is 2. The molecule has 1 aromatic carbocycles. The number of anilines is 2. The summed E-state index contributed by atoms with van der Waals surface area (Å²) in [7, 11) is 3.36. The fourth-order valence-corrected chi connectivity index (χ4v) is 1.75. The highest BCUT2D eigenvalue weighted by Crippen LogP contribution is 2.27. The lowest BCUT2D eigenvalue weighted by Crippen LogP contribution is -2.28. The van der Waals surface area contributed by atoms with E-state index < -0.39 is 0 Å². The number of hydrogen-bond donors (Lipinski definition) is 2. The second-order valence-electron chi connectivity index (χ2n) is 3.51. The van der Waals surface area contributed by atoms with Crippen molar-refractivity contribution in [2.45, 2.75) is 6.92 Å². The molecule has 0 unspecified atom stereocenters. The predicted octanol–water partition coefficient (Wildman–Crippen LogP) is 2.43. The zero-order valence-electron chi connectivity index (χ0n) is 8.97. The zero-order valence-corrected chi connectivity index (χ0v) is 10.6. The van der Waals surface area contributed by atoms with E-state index in [1.807, 2.05) is 13.0 Å². The van der Waals surface area contributed by atoms with E-state index in [4.69, 9.17) is 5.73 Å². The number of carbonyl (C=O) groups is 1. The second-order valence-corrected chi connectivity index (χ2v) is 4.43. The first-order valence-corrected chi connectivity index (χ1v) is 5.25. The third-order valence-electron chi connectivity index (χ3n) is 1.97. The quantitative estimate of drug-likeness (QED) is 0.771. The molecule has 0 heterocycles. The summed E-state index contributed by atoms with van der Waals surface area (Å²) in [6.07, 6.45) is 0. The van der Waals surface area contributed by atoms with Gasteiger partial charge in [-0.1, -0.05) is 15.9 Å². The minimum Gasteiger partial charge on any atom is -0.397 e. The number of carbonyl (C=O) groups excluding carboxylic acids is 1. The summed E-state index contributed by atoms with van der Waals surface area (Å²) in [5, 5.41) is 2.75. The van der Waals surface area contributed by atoms with E-state index in [9.17, 15) is 4.79 Å². The minimum absolute atomic E-state index is 0.188. The molecule has 0 aliphatic rings. The molecule has 1 aromatic rings. The number of aryl methyl sites for hydroxylation is 1. The van der Waals surface area contributed by atoms with Crippen molar-refractivity contribution in [1.29, 1.82) is 0 Å². The molecular weight excluding hydrogens is 258 g/mol. The van der Waals surface area contributed by atoms with Crippen LogP contribution in [0.15, 0.2) is 16.6 Å². The Bertz CT molecular complexity index is 367. The molecule has 0 atom stereocenters. The number of nitrogens with one attached hydrogen (secondary N) is 1. The van der Waals surface area contributed by atoms with Crippen molar-refractivity contribution in [2.75, 3.05) is 25.1 Å². The number of amides is 2. The second kappa shape index (κ2) is 4.53. The smallest absolute Gasteiger partial charge is 0.321 e. The molecule has 0 saturated carbocycles. The first kappa shape index (κ1) is 11.8. The van der Waals surface area contributed by atoms with Gasteiger partial charge in [-0.25, -0.2) is 4.79 Å². The molecule has 3 N–H and O–H groups in total. The Labute approximate surface area is 97.6 Å². The molecular formula is C10H14BrN3O. The van der Waals surface area contributed by atoms with Gasteiger partial charge >= 0.3 is 6.03 Å². The van der Waals surface area contributed by atoms with Crippen molar-refractivity contribution in [3.05, 3.63) is 22.2 Å². The molecule has 0 fully saturated rings. The van der Waals surface area contributed by atoms with Gasteiger partial charge in [0.25, 0.3) is 0 Å². The molecule has 1 rings (SSSR count). The van der Waals surface area contributed by atoms with Crippen LogP contribution in [0.25, 0.3) is 0 Å². The van der Waals surface area contributed by atoms with E-state index in [1.54, 1.807) is 20.2 Å². The Hall–Kier alpha value is -1.23. The van der Waals surface area contributed by atoms with Crippen LogP contribution in [0.1, 0.15) is 5.56 Å². The Balaban J connectivity index is 3.00. The highest BCUT2D eigenvalue weighted by molar-refractivity contribution is 9.10. The SMILES string of the molecule is Cc1cc(Br)cc(N)c1NC(=O)N(C)C. The number of rotatable bonds is 1. The molecule has 0 aromatic heterocycles. The molecule has 4 nitrogen and oxygen atoms in total. The maximum atomic E-state index is 11.4. The van der Waals surface area contributed by atoms with Gasteiger partial charge in [0.1, 0.15) is 0 Å². The lowest BCUT2D eigenvalue weighted by Gasteiger charge is -2.15. The summed E-state index contributed by atoms with van der Waals surface area (Å²) in [4.78, 5) is 12.9. The maximum absolute atomic E-state index is 11.4.